The minimum atomic E-state index is -1.23. The molecule has 3 unspecified atom stereocenters. The van der Waals surface area contributed by atoms with Crippen molar-refractivity contribution in [1.82, 2.24) is 14.5 Å². The van der Waals surface area contributed by atoms with Crippen molar-refractivity contribution in [2.75, 3.05) is 33.7 Å². The number of likely N-dealkylation sites (tertiary alicyclic amines) is 1. The van der Waals surface area contributed by atoms with Crippen LogP contribution in [0.25, 0.3) is 0 Å². The van der Waals surface area contributed by atoms with E-state index < -0.39 is 17.1 Å². The van der Waals surface area contributed by atoms with Crippen LogP contribution in [0, 0.1) is 0 Å². The molecule has 0 aliphatic carbocycles. The normalized spacial score (nSPS) is 20.5. The van der Waals surface area contributed by atoms with Crippen molar-refractivity contribution in [3.05, 3.63) is 59.7 Å². The number of carbonyl (C=O) groups excluding carboxylic acids is 1. The Hall–Kier alpha value is -2.22. The first-order valence-corrected chi connectivity index (χ1v) is 12.1. The van der Waals surface area contributed by atoms with Crippen LogP contribution in [0.2, 0.25) is 0 Å². The quantitative estimate of drug-likeness (QED) is 0.718. The van der Waals surface area contributed by atoms with Gasteiger partial charge in [-0.25, -0.2) is 8.93 Å². The number of benzene rings is 2. The van der Waals surface area contributed by atoms with Crippen molar-refractivity contribution >= 4 is 16.9 Å². The molecular formula is C24H31N3O3S. The fourth-order valence-electron chi connectivity index (χ4n) is 4.49. The van der Waals surface area contributed by atoms with Crippen LogP contribution in [0.5, 0.6) is 5.75 Å². The van der Waals surface area contributed by atoms with Crippen molar-refractivity contribution in [3.63, 3.8) is 0 Å². The van der Waals surface area contributed by atoms with Gasteiger partial charge < -0.3 is 14.5 Å². The number of aryl methyl sites for hydroxylation is 1. The molecule has 1 N–H and O–H groups in total. The third-order valence-corrected chi connectivity index (χ3v) is 7.33. The molecule has 2 aliphatic heterocycles. The number of carbonyl (C=O) groups is 1. The number of likely N-dealkylation sites (N-methyl/N-ethyl adjacent to an activating group) is 1. The summed E-state index contributed by atoms with van der Waals surface area (Å²) in [6.07, 6.45) is 3.31. The van der Waals surface area contributed by atoms with Crippen molar-refractivity contribution in [2.24, 2.45) is 0 Å². The topological polar surface area (TPSA) is 61.9 Å². The number of nitrogens with zero attached hydrogens (tertiary/aromatic N) is 2. The summed E-state index contributed by atoms with van der Waals surface area (Å²) >= 11 is 0. The Balaban J connectivity index is 1.50. The molecule has 0 aromatic heterocycles. The van der Waals surface area contributed by atoms with Crippen LogP contribution >= 0.6 is 0 Å². The predicted octanol–water partition coefficient (Wildman–Crippen LogP) is 2.92. The van der Waals surface area contributed by atoms with Crippen LogP contribution in [-0.4, -0.2) is 59.7 Å². The molecular weight excluding hydrogens is 410 g/mol. The summed E-state index contributed by atoms with van der Waals surface area (Å²) in [7, 11) is 2.34. The maximum absolute atomic E-state index is 13.4. The first kappa shape index (κ1) is 22.0. The lowest BCUT2D eigenvalue weighted by atomic mass is 10.00. The van der Waals surface area contributed by atoms with Crippen LogP contribution in [0.1, 0.15) is 36.4 Å². The summed E-state index contributed by atoms with van der Waals surface area (Å²) < 4.78 is 20.9. The van der Waals surface area contributed by atoms with Gasteiger partial charge in [0, 0.05) is 13.6 Å². The Kier molecular flexibility index (Phi) is 7.05. The van der Waals surface area contributed by atoms with E-state index >= 15 is 0 Å². The minimum absolute atomic E-state index is 0.00257. The number of ether oxygens (including phenoxy) is 1. The first-order chi connectivity index (χ1) is 15.1. The van der Waals surface area contributed by atoms with Crippen LogP contribution < -0.4 is 9.46 Å². The van der Waals surface area contributed by atoms with Crippen molar-refractivity contribution in [3.8, 4) is 5.75 Å². The molecule has 0 radical (unpaired) electrons. The van der Waals surface area contributed by atoms with E-state index in [-0.39, 0.29) is 11.9 Å². The monoisotopic (exact) mass is 441 g/mol. The van der Waals surface area contributed by atoms with E-state index in [2.05, 4.69) is 21.8 Å². The molecule has 0 spiro atoms. The SMILES string of the molecule is CNS(=O)c1ccc2c(c1)CCC(C(=O)N(C)C(CN1CCCC1)c1ccccc1)O2. The lowest BCUT2D eigenvalue weighted by molar-refractivity contribution is -0.140. The van der Waals surface area contributed by atoms with Gasteiger partial charge in [-0.05, 0) is 75.1 Å². The lowest BCUT2D eigenvalue weighted by Crippen LogP contribution is -2.46. The molecule has 31 heavy (non-hydrogen) atoms. The molecule has 1 fully saturated rings. The highest BCUT2D eigenvalue weighted by atomic mass is 32.2. The molecule has 2 aromatic rings. The van der Waals surface area contributed by atoms with E-state index in [4.69, 9.17) is 4.74 Å². The summed E-state index contributed by atoms with van der Waals surface area (Å²) in [5.74, 6) is 0.729. The number of hydrogen-bond acceptors (Lipinski definition) is 4. The summed E-state index contributed by atoms with van der Waals surface area (Å²) in [5.41, 5.74) is 2.16. The van der Waals surface area contributed by atoms with Gasteiger partial charge >= 0.3 is 0 Å². The second-order valence-corrected chi connectivity index (χ2v) is 9.69. The molecule has 4 rings (SSSR count). The molecule has 6 nitrogen and oxygen atoms in total. The second kappa shape index (κ2) is 9.94. The van der Waals surface area contributed by atoms with E-state index in [9.17, 15) is 9.00 Å². The average molecular weight is 442 g/mol. The standard InChI is InChI=1S/C24H31N3O3S/c1-25-31(29)20-11-13-22-19(16-20)10-12-23(30-22)24(28)26(2)21(17-27-14-6-7-15-27)18-8-4-3-5-9-18/h3-5,8-9,11,13,16,21,23,25H,6-7,10,12,14-15,17H2,1-2H3. The van der Waals surface area contributed by atoms with Gasteiger partial charge in [0.25, 0.3) is 5.91 Å². The zero-order chi connectivity index (χ0) is 21.8. The van der Waals surface area contributed by atoms with Crippen LogP contribution in [0.4, 0.5) is 0 Å². The molecule has 3 atom stereocenters. The third-order valence-electron chi connectivity index (χ3n) is 6.28. The Bertz CT molecular complexity index is 931. The molecule has 7 heteroatoms. The van der Waals surface area contributed by atoms with Gasteiger partial charge in [0.2, 0.25) is 0 Å². The number of hydrogen-bond donors (Lipinski definition) is 1. The van der Waals surface area contributed by atoms with Gasteiger partial charge in [-0.3, -0.25) is 4.79 Å². The Morgan fingerprint density at radius 3 is 2.68 bits per heavy atom. The van der Waals surface area contributed by atoms with Gasteiger partial charge in [0.05, 0.1) is 10.9 Å². The fraction of sp³-hybridized carbons (Fsp3) is 0.458. The largest absolute Gasteiger partial charge is 0.480 e. The average Bonchev–Trinajstić information content (AvgIpc) is 3.34. The first-order valence-electron chi connectivity index (χ1n) is 11.0. The van der Waals surface area contributed by atoms with Gasteiger partial charge in [-0.2, -0.15) is 0 Å². The molecule has 2 aliphatic rings. The van der Waals surface area contributed by atoms with Gasteiger partial charge in [-0.15, -0.1) is 0 Å². The molecule has 1 saturated heterocycles. The highest BCUT2D eigenvalue weighted by molar-refractivity contribution is 7.83. The van der Waals surface area contributed by atoms with E-state index in [0.29, 0.717) is 12.2 Å². The van der Waals surface area contributed by atoms with Gasteiger partial charge in [0.15, 0.2) is 6.10 Å². The maximum Gasteiger partial charge on any atom is 0.263 e. The molecule has 0 bridgehead atoms. The van der Waals surface area contributed by atoms with Crippen LogP contribution in [-0.2, 0) is 22.2 Å². The number of amides is 1. The highest BCUT2D eigenvalue weighted by Crippen LogP contribution is 2.31. The molecule has 166 valence electrons. The Morgan fingerprint density at radius 1 is 1.23 bits per heavy atom. The minimum Gasteiger partial charge on any atom is -0.480 e. The van der Waals surface area contributed by atoms with Crippen molar-refractivity contribution < 1.29 is 13.7 Å². The third kappa shape index (κ3) is 5.00. The van der Waals surface area contributed by atoms with Crippen molar-refractivity contribution in [2.45, 2.75) is 42.7 Å². The number of fused-ring (bicyclic) bond motifs is 1. The zero-order valence-corrected chi connectivity index (χ0v) is 19.1. The van der Waals surface area contributed by atoms with Gasteiger partial charge in [0.1, 0.15) is 16.7 Å². The molecule has 0 saturated carbocycles. The van der Waals surface area contributed by atoms with Gasteiger partial charge in [-0.1, -0.05) is 30.3 Å². The molecule has 1 amide bonds. The van der Waals surface area contributed by atoms with Crippen LogP contribution in [0.3, 0.4) is 0 Å². The summed E-state index contributed by atoms with van der Waals surface area (Å²) in [6.45, 7) is 3.03. The summed E-state index contributed by atoms with van der Waals surface area (Å²) in [6, 6.07) is 15.8. The van der Waals surface area contributed by atoms with E-state index in [1.54, 1.807) is 13.1 Å². The van der Waals surface area contributed by atoms with Crippen molar-refractivity contribution in [1.29, 1.82) is 0 Å². The van der Waals surface area contributed by atoms with E-state index in [0.717, 1.165) is 42.1 Å². The van der Waals surface area contributed by atoms with E-state index in [1.807, 2.05) is 42.3 Å². The smallest absolute Gasteiger partial charge is 0.263 e. The fourth-order valence-corrected chi connectivity index (χ4v) is 5.17. The second-order valence-electron chi connectivity index (χ2n) is 8.27. The van der Waals surface area contributed by atoms with Crippen LogP contribution in [0.15, 0.2) is 53.4 Å². The zero-order valence-electron chi connectivity index (χ0n) is 18.3. The summed E-state index contributed by atoms with van der Waals surface area (Å²) in [5, 5.41) is 0. The molecule has 2 aromatic carbocycles. The highest BCUT2D eigenvalue weighted by Gasteiger charge is 2.33. The Morgan fingerprint density at radius 2 is 1.97 bits per heavy atom. The number of nitrogens with one attached hydrogen (secondary N) is 1. The predicted molar refractivity (Wildman–Crippen MR) is 122 cm³/mol. The summed E-state index contributed by atoms with van der Waals surface area (Å²) in [4.78, 5) is 18.5. The Labute approximate surface area is 187 Å². The number of rotatable bonds is 7. The molecule has 2 heterocycles. The maximum atomic E-state index is 13.4. The van der Waals surface area contributed by atoms with E-state index in [1.165, 1.54) is 12.8 Å². The lowest BCUT2D eigenvalue weighted by Gasteiger charge is -2.35.